The monoisotopic (exact) mass is 183 g/mol. The Kier molecular flexibility index (Phi) is 2.54. The Morgan fingerprint density at radius 2 is 2.33 bits per heavy atom. The zero-order chi connectivity index (χ0) is 9.14. The van der Waals surface area contributed by atoms with Gasteiger partial charge < -0.3 is 5.32 Å². The van der Waals surface area contributed by atoms with Crippen LogP contribution in [0.25, 0.3) is 0 Å². The van der Waals surface area contributed by atoms with Crippen LogP contribution < -0.4 is 5.32 Å². The first kappa shape index (κ1) is 8.86. The summed E-state index contributed by atoms with van der Waals surface area (Å²) in [7, 11) is 0. The van der Waals surface area contributed by atoms with E-state index in [0.717, 1.165) is 11.5 Å². The van der Waals surface area contributed by atoms with Gasteiger partial charge in [0.1, 0.15) is 4.88 Å². The van der Waals surface area contributed by atoms with Crippen molar-refractivity contribution in [3.8, 4) is 0 Å². The predicted molar refractivity (Wildman–Crippen MR) is 46.9 cm³/mol. The van der Waals surface area contributed by atoms with E-state index in [2.05, 4.69) is 21.5 Å². The smallest absolute Gasteiger partial charge is 0.269 e. The number of rotatable bonds is 2. The van der Waals surface area contributed by atoms with E-state index in [1.807, 2.05) is 0 Å². The first-order valence-corrected chi connectivity index (χ1v) is 4.14. The van der Waals surface area contributed by atoms with Crippen LogP contribution >= 0.6 is 11.5 Å². The topological polar surface area (TPSA) is 54.9 Å². The second-order valence-corrected chi connectivity index (χ2v) is 3.18. The predicted octanol–water partition coefficient (Wildman–Crippen LogP) is 1.11. The zero-order valence-corrected chi connectivity index (χ0v) is 7.73. The van der Waals surface area contributed by atoms with Gasteiger partial charge in [0.05, 0.1) is 5.69 Å². The maximum Gasteiger partial charge on any atom is 0.269 e. The van der Waals surface area contributed by atoms with Crippen LogP contribution in [0.1, 0.15) is 22.3 Å². The first-order valence-electron chi connectivity index (χ1n) is 3.37. The van der Waals surface area contributed by atoms with Crippen LogP contribution in [-0.4, -0.2) is 15.5 Å². The summed E-state index contributed by atoms with van der Waals surface area (Å²) in [5, 5.41) is 6.31. The maximum absolute atomic E-state index is 11.3. The number of hydrogen-bond acceptors (Lipinski definition) is 4. The van der Waals surface area contributed by atoms with Crippen molar-refractivity contribution >= 4 is 17.4 Å². The van der Waals surface area contributed by atoms with Gasteiger partial charge in [0.2, 0.25) is 0 Å². The molecule has 1 rings (SSSR count). The van der Waals surface area contributed by atoms with Crippen LogP contribution in [0, 0.1) is 6.92 Å². The Balaban J connectivity index is 2.78. The molecule has 1 aromatic rings. The normalized spacial score (nSPS) is 9.50. The van der Waals surface area contributed by atoms with E-state index in [-0.39, 0.29) is 5.91 Å². The number of aromatic nitrogens is 2. The molecule has 64 valence electrons. The molecular formula is C7H9N3OS. The molecule has 1 heterocycles. The van der Waals surface area contributed by atoms with Gasteiger partial charge in [0.25, 0.3) is 5.91 Å². The number of nitrogens with one attached hydrogen (secondary N) is 1. The number of nitrogens with zero attached hydrogens (tertiary/aromatic N) is 2. The molecule has 0 aliphatic carbocycles. The molecule has 0 aromatic carbocycles. The van der Waals surface area contributed by atoms with Crippen LogP contribution in [0.4, 0.5) is 0 Å². The molecule has 0 saturated heterocycles. The van der Waals surface area contributed by atoms with Gasteiger partial charge in [0, 0.05) is 5.70 Å². The Hall–Kier alpha value is -1.23. The van der Waals surface area contributed by atoms with Gasteiger partial charge in [-0.2, -0.15) is 0 Å². The van der Waals surface area contributed by atoms with Crippen molar-refractivity contribution in [2.24, 2.45) is 0 Å². The second-order valence-electron chi connectivity index (χ2n) is 2.42. The summed E-state index contributed by atoms with van der Waals surface area (Å²) in [6.07, 6.45) is 0. The van der Waals surface area contributed by atoms with E-state index in [4.69, 9.17) is 0 Å². The van der Waals surface area contributed by atoms with Gasteiger partial charge >= 0.3 is 0 Å². The third-order valence-electron chi connectivity index (χ3n) is 1.18. The highest BCUT2D eigenvalue weighted by Crippen LogP contribution is 2.08. The highest BCUT2D eigenvalue weighted by atomic mass is 32.1. The van der Waals surface area contributed by atoms with E-state index in [1.54, 1.807) is 13.8 Å². The Morgan fingerprint density at radius 1 is 1.67 bits per heavy atom. The van der Waals surface area contributed by atoms with Crippen LogP contribution in [0.2, 0.25) is 0 Å². The molecule has 0 spiro atoms. The standard InChI is InChI=1S/C7H9N3OS/c1-4(2)8-7(11)6-5(3)9-10-12-6/h1H2,2-3H3,(H,8,11). The highest BCUT2D eigenvalue weighted by molar-refractivity contribution is 7.08. The van der Waals surface area contributed by atoms with Crippen molar-refractivity contribution in [2.75, 3.05) is 0 Å². The molecule has 1 amide bonds. The van der Waals surface area contributed by atoms with Crippen LogP contribution in [0.15, 0.2) is 12.3 Å². The number of carbonyl (C=O) groups excluding carboxylic acids is 1. The minimum atomic E-state index is -0.185. The average Bonchev–Trinajstić information content (AvgIpc) is 2.33. The molecule has 0 aliphatic heterocycles. The van der Waals surface area contributed by atoms with Crippen molar-refractivity contribution in [3.05, 3.63) is 22.8 Å². The van der Waals surface area contributed by atoms with E-state index in [0.29, 0.717) is 16.3 Å². The molecule has 5 heteroatoms. The van der Waals surface area contributed by atoms with Crippen LogP contribution in [0.5, 0.6) is 0 Å². The van der Waals surface area contributed by atoms with Gasteiger partial charge in [-0.25, -0.2) is 0 Å². The molecule has 4 nitrogen and oxygen atoms in total. The summed E-state index contributed by atoms with van der Waals surface area (Å²) in [4.78, 5) is 11.8. The van der Waals surface area contributed by atoms with E-state index >= 15 is 0 Å². The van der Waals surface area contributed by atoms with Crippen molar-refractivity contribution in [2.45, 2.75) is 13.8 Å². The maximum atomic E-state index is 11.3. The Labute approximate surface area is 74.5 Å². The number of carbonyl (C=O) groups is 1. The van der Waals surface area contributed by atoms with Gasteiger partial charge in [0.15, 0.2) is 0 Å². The van der Waals surface area contributed by atoms with Crippen molar-refractivity contribution < 1.29 is 4.79 Å². The van der Waals surface area contributed by atoms with Crippen molar-refractivity contribution in [1.29, 1.82) is 0 Å². The number of aryl methyl sites for hydroxylation is 1. The molecule has 12 heavy (non-hydrogen) atoms. The second kappa shape index (κ2) is 3.44. The minimum absolute atomic E-state index is 0.185. The fraction of sp³-hybridized carbons (Fsp3) is 0.286. The van der Waals surface area contributed by atoms with Crippen LogP contribution in [0.3, 0.4) is 0 Å². The summed E-state index contributed by atoms with van der Waals surface area (Å²) in [5.41, 5.74) is 1.27. The average molecular weight is 183 g/mol. The molecule has 0 unspecified atom stereocenters. The minimum Gasteiger partial charge on any atom is -0.326 e. The lowest BCUT2D eigenvalue weighted by Gasteiger charge is -1.99. The van der Waals surface area contributed by atoms with Crippen LogP contribution in [-0.2, 0) is 0 Å². The quantitative estimate of drug-likeness (QED) is 0.747. The van der Waals surface area contributed by atoms with E-state index < -0.39 is 0 Å². The number of amides is 1. The summed E-state index contributed by atoms with van der Waals surface area (Å²) < 4.78 is 3.65. The largest absolute Gasteiger partial charge is 0.326 e. The fourth-order valence-electron chi connectivity index (χ4n) is 0.690. The van der Waals surface area contributed by atoms with Crippen molar-refractivity contribution in [1.82, 2.24) is 14.9 Å². The molecule has 1 N–H and O–H groups in total. The number of hydrogen-bond donors (Lipinski definition) is 1. The van der Waals surface area contributed by atoms with E-state index in [1.165, 1.54) is 0 Å². The summed E-state index contributed by atoms with van der Waals surface area (Å²) >= 11 is 1.09. The summed E-state index contributed by atoms with van der Waals surface area (Å²) in [6.45, 7) is 7.04. The molecule has 0 aliphatic rings. The Bertz CT molecular complexity index is 318. The van der Waals surface area contributed by atoms with E-state index in [9.17, 15) is 4.79 Å². The molecule has 0 radical (unpaired) electrons. The van der Waals surface area contributed by atoms with Gasteiger partial charge in [-0.1, -0.05) is 11.1 Å². The molecular weight excluding hydrogens is 174 g/mol. The lowest BCUT2D eigenvalue weighted by atomic mass is 10.3. The molecule has 1 aromatic heterocycles. The lowest BCUT2D eigenvalue weighted by molar-refractivity contribution is 0.0969. The summed E-state index contributed by atoms with van der Waals surface area (Å²) in [6, 6.07) is 0. The fourth-order valence-corrected chi connectivity index (χ4v) is 1.24. The third-order valence-corrected chi connectivity index (χ3v) is 2.01. The van der Waals surface area contributed by atoms with Crippen molar-refractivity contribution in [3.63, 3.8) is 0 Å². The molecule has 0 fully saturated rings. The highest BCUT2D eigenvalue weighted by Gasteiger charge is 2.11. The zero-order valence-electron chi connectivity index (χ0n) is 6.92. The molecule has 0 saturated carbocycles. The van der Waals surface area contributed by atoms with Gasteiger partial charge in [-0.3, -0.25) is 4.79 Å². The lowest BCUT2D eigenvalue weighted by Crippen LogP contribution is -2.20. The SMILES string of the molecule is C=C(C)NC(=O)c1snnc1C. The molecule has 0 atom stereocenters. The Morgan fingerprint density at radius 3 is 2.75 bits per heavy atom. The van der Waals surface area contributed by atoms with Gasteiger partial charge in [-0.05, 0) is 25.4 Å². The number of allylic oxidation sites excluding steroid dienone is 1. The first-order chi connectivity index (χ1) is 5.61. The summed E-state index contributed by atoms with van der Waals surface area (Å²) in [5.74, 6) is -0.185. The molecule has 0 bridgehead atoms. The van der Waals surface area contributed by atoms with Gasteiger partial charge in [-0.15, -0.1) is 5.10 Å². The third kappa shape index (κ3) is 1.88.